The average Bonchev–Trinajstić information content (AvgIpc) is 2.04. The van der Waals surface area contributed by atoms with Gasteiger partial charge in [0.1, 0.15) is 16.8 Å². The average molecular weight is 414 g/mol. The quantitative estimate of drug-likeness (QED) is 0.405. The summed E-state index contributed by atoms with van der Waals surface area (Å²) in [6.07, 6.45) is 0. The number of benzene rings is 2. The van der Waals surface area contributed by atoms with E-state index < -0.39 is 0 Å². The lowest BCUT2D eigenvalue weighted by Gasteiger charge is -1.98. The fraction of sp³-hybridized carbons (Fsp3) is 0. The van der Waals surface area contributed by atoms with Gasteiger partial charge in [0.2, 0.25) is 0 Å². The summed E-state index contributed by atoms with van der Waals surface area (Å²) in [6, 6.07) is 12.2. The molecule has 0 heterocycles. The monoisotopic (exact) mass is 414 g/mol. The Labute approximate surface area is 117 Å². The summed E-state index contributed by atoms with van der Waals surface area (Å²) in [5, 5.41) is 2.40. The predicted molar refractivity (Wildman–Crippen MR) is 49.0 cm³/mol. The van der Waals surface area contributed by atoms with Crippen LogP contribution in [0.25, 0.3) is 10.8 Å². The molecule has 0 aliphatic rings. The number of hydrogen-bond donors (Lipinski definition) is 2. The van der Waals surface area contributed by atoms with Gasteiger partial charge in [-0.05, 0) is 17.5 Å². The summed E-state index contributed by atoms with van der Waals surface area (Å²) < 4.78 is 0. The molecule has 0 saturated heterocycles. The minimum atomic E-state index is 0. The van der Waals surface area contributed by atoms with Gasteiger partial charge < -0.3 is 59.4 Å². The van der Waals surface area contributed by atoms with E-state index in [9.17, 15) is 0 Å². The first-order chi connectivity index (χ1) is 5.79. The molecule has 0 saturated carbocycles. The molecule has 2 rings (SSSR count). The van der Waals surface area contributed by atoms with Crippen LogP contribution in [0.1, 0.15) is 0 Å². The van der Waals surface area contributed by atoms with Crippen LogP contribution in [0.2, 0.25) is 0 Å². The highest BCUT2D eigenvalue weighted by Gasteiger charge is 2.04. The summed E-state index contributed by atoms with van der Waals surface area (Å²) in [7, 11) is 0. The van der Waals surface area contributed by atoms with E-state index in [0.29, 0.717) is 0 Å². The second-order valence-corrected chi connectivity index (χ2v) is 2.93. The third-order valence-electron chi connectivity index (χ3n) is 2.08. The minimum Gasteiger partial charge on any atom is -1.00 e. The van der Waals surface area contributed by atoms with E-state index >= 15 is 0 Å². The number of quaternary nitrogens is 2. The smallest absolute Gasteiger partial charge is 0.141 e. The molecule has 2 nitrogen and oxygen atoms in total. The van der Waals surface area contributed by atoms with Crippen LogP contribution in [0.5, 0.6) is 0 Å². The number of hydrogen-bond acceptors (Lipinski definition) is 0. The highest BCUT2D eigenvalue weighted by Crippen LogP contribution is 2.23. The van der Waals surface area contributed by atoms with E-state index in [1.807, 2.05) is 24.3 Å². The Balaban J connectivity index is 0.000000845. The Kier molecular flexibility index (Phi) is 5.87. The lowest BCUT2D eigenvalue weighted by Crippen LogP contribution is -3.00. The fourth-order valence-electron chi connectivity index (χ4n) is 1.50. The summed E-state index contributed by atoms with van der Waals surface area (Å²) in [6.45, 7) is 0. The Morgan fingerprint density at radius 3 is 1.50 bits per heavy atom. The van der Waals surface area contributed by atoms with Gasteiger partial charge in [-0.1, -0.05) is 24.3 Å². The van der Waals surface area contributed by atoms with E-state index in [1.54, 1.807) is 0 Å². The molecule has 0 fully saturated rings. The van der Waals surface area contributed by atoms with Gasteiger partial charge in [-0.25, -0.2) is 0 Å². The normalized spacial score (nSPS) is 9.00. The molecule has 0 aromatic heterocycles. The van der Waals surface area contributed by atoms with Crippen LogP contribution in [0, 0.1) is 0 Å². The molecule has 0 bridgehead atoms. The lowest BCUT2D eigenvalue weighted by atomic mass is 10.1. The van der Waals surface area contributed by atoms with Crippen LogP contribution in [0.3, 0.4) is 0 Å². The first-order valence-electron chi connectivity index (χ1n) is 3.95. The number of rotatable bonds is 0. The zero-order valence-corrected chi connectivity index (χ0v) is 11.9. The molecule has 0 unspecified atom stereocenters. The summed E-state index contributed by atoms with van der Waals surface area (Å²) in [4.78, 5) is 0. The van der Waals surface area contributed by atoms with Crippen LogP contribution in [0.4, 0.5) is 11.4 Å². The molecule has 0 aliphatic carbocycles. The van der Waals surface area contributed by atoms with E-state index in [-0.39, 0.29) is 48.0 Å². The van der Waals surface area contributed by atoms with E-state index in [2.05, 4.69) is 23.6 Å². The first kappa shape index (κ1) is 14.1. The van der Waals surface area contributed by atoms with Crippen LogP contribution in [0.15, 0.2) is 36.4 Å². The van der Waals surface area contributed by atoms with Gasteiger partial charge in [-0.3, -0.25) is 0 Å². The molecule has 2 aromatic rings. The molecule has 0 atom stereocenters. The van der Waals surface area contributed by atoms with E-state index in [1.165, 1.54) is 10.8 Å². The van der Waals surface area contributed by atoms with Gasteiger partial charge in [-0.2, -0.15) is 0 Å². The maximum absolute atomic E-state index is 3.97. The third-order valence-corrected chi connectivity index (χ3v) is 2.08. The van der Waals surface area contributed by atoms with Crippen molar-refractivity contribution in [1.82, 2.24) is 0 Å². The molecular weight excluding hydrogens is 402 g/mol. The van der Waals surface area contributed by atoms with Gasteiger partial charge in [-0.15, -0.1) is 0 Å². The standard InChI is InChI=1S/C10H10N2.2HI/c11-8-5-1-3-7-4-2-6-9(12)10(7)8;;/h1-6H,11-12H2;2*1H. The molecule has 0 spiro atoms. The summed E-state index contributed by atoms with van der Waals surface area (Å²) in [5.41, 5.74) is 10.0. The largest absolute Gasteiger partial charge is 1.00 e. The zero-order valence-electron chi connectivity index (χ0n) is 7.63. The van der Waals surface area contributed by atoms with E-state index in [4.69, 9.17) is 0 Å². The van der Waals surface area contributed by atoms with Crippen molar-refractivity contribution in [3.63, 3.8) is 0 Å². The molecule has 2 aromatic carbocycles. The van der Waals surface area contributed by atoms with Crippen molar-refractivity contribution in [2.75, 3.05) is 0 Å². The van der Waals surface area contributed by atoms with Crippen molar-refractivity contribution in [3.05, 3.63) is 36.4 Å². The maximum atomic E-state index is 3.97. The van der Waals surface area contributed by atoms with Crippen molar-refractivity contribution in [2.45, 2.75) is 0 Å². The highest BCUT2D eigenvalue weighted by molar-refractivity contribution is 5.97. The number of fused-ring (bicyclic) bond motifs is 1. The summed E-state index contributed by atoms with van der Waals surface area (Å²) in [5.74, 6) is 0. The molecule has 0 radical (unpaired) electrons. The lowest BCUT2D eigenvalue weighted by molar-refractivity contribution is -0.260. The Morgan fingerprint density at radius 1 is 0.714 bits per heavy atom. The third kappa shape index (κ3) is 2.56. The Bertz CT molecular complexity index is 393. The fourth-order valence-corrected chi connectivity index (χ4v) is 1.50. The van der Waals surface area contributed by atoms with Crippen molar-refractivity contribution in [3.8, 4) is 0 Å². The van der Waals surface area contributed by atoms with Crippen molar-refractivity contribution >= 4 is 22.1 Å². The predicted octanol–water partition coefficient (Wildman–Crippen LogP) is -5.41. The van der Waals surface area contributed by atoms with Gasteiger partial charge >= 0.3 is 0 Å². The Morgan fingerprint density at radius 2 is 1.14 bits per heavy atom. The van der Waals surface area contributed by atoms with Crippen LogP contribution in [-0.2, 0) is 0 Å². The topological polar surface area (TPSA) is 55.3 Å². The van der Waals surface area contributed by atoms with Gasteiger partial charge in [0.15, 0.2) is 0 Å². The van der Waals surface area contributed by atoms with Crippen LogP contribution >= 0.6 is 0 Å². The van der Waals surface area contributed by atoms with Gasteiger partial charge in [0.25, 0.3) is 0 Å². The molecule has 6 N–H and O–H groups in total. The second kappa shape index (κ2) is 5.84. The molecule has 0 aliphatic heterocycles. The molecule has 14 heavy (non-hydrogen) atoms. The molecule has 76 valence electrons. The Hall–Kier alpha value is 0.0800. The van der Waals surface area contributed by atoms with Gasteiger partial charge in [0, 0.05) is 0 Å². The molecule has 4 heteroatoms. The molecule has 0 amide bonds. The van der Waals surface area contributed by atoms with E-state index in [0.717, 1.165) is 11.4 Å². The first-order valence-corrected chi connectivity index (χ1v) is 3.95. The van der Waals surface area contributed by atoms with Crippen molar-refractivity contribution < 1.29 is 59.4 Å². The minimum absolute atomic E-state index is 0. The number of halogens is 2. The highest BCUT2D eigenvalue weighted by atomic mass is 127. The molecular formula is C10H12I2N2. The van der Waals surface area contributed by atoms with Crippen molar-refractivity contribution in [1.29, 1.82) is 0 Å². The van der Waals surface area contributed by atoms with Crippen LogP contribution in [-0.4, -0.2) is 0 Å². The summed E-state index contributed by atoms with van der Waals surface area (Å²) >= 11 is 0. The zero-order chi connectivity index (χ0) is 8.55. The van der Waals surface area contributed by atoms with Gasteiger partial charge in [0.05, 0.1) is 0 Å². The van der Waals surface area contributed by atoms with Crippen LogP contribution < -0.4 is 59.4 Å². The van der Waals surface area contributed by atoms with Crippen molar-refractivity contribution in [2.24, 2.45) is 0 Å². The SMILES string of the molecule is [I-].[I-].[NH3+]c1cccc2cccc([NH3+])c12. The maximum Gasteiger partial charge on any atom is 0.141 e. The second-order valence-electron chi connectivity index (χ2n) is 2.93.